The molecule has 0 amide bonds. The molecule has 0 radical (unpaired) electrons. The highest BCUT2D eigenvalue weighted by Gasteiger charge is 2.21. The minimum Gasteiger partial charge on any atom is -0.353 e. The van der Waals surface area contributed by atoms with Crippen LogP contribution >= 0.6 is 0 Å². The Labute approximate surface area is 183 Å². The molecule has 1 saturated heterocycles. The molecule has 1 aliphatic rings. The van der Waals surface area contributed by atoms with Crippen molar-refractivity contribution >= 4 is 23.0 Å². The normalized spacial score (nSPS) is 14.2. The Bertz CT molecular complexity index is 1310. The molecule has 11 heteroatoms. The second kappa shape index (κ2) is 7.84. The zero-order valence-electron chi connectivity index (χ0n) is 17.7. The predicted octanol–water partition coefficient (Wildman–Crippen LogP) is 2.43. The van der Waals surface area contributed by atoms with Gasteiger partial charge in [-0.25, -0.2) is 9.97 Å². The lowest BCUT2D eigenvalue weighted by molar-refractivity contribution is -0.384. The zero-order valence-corrected chi connectivity index (χ0v) is 17.7. The summed E-state index contributed by atoms with van der Waals surface area (Å²) in [7, 11) is 0. The fourth-order valence-electron chi connectivity index (χ4n) is 3.82. The van der Waals surface area contributed by atoms with Crippen LogP contribution in [0.5, 0.6) is 0 Å². The number of fused-ring (bicyclic) bond motifs is 1. The van der Waals surface area contributed by atoms with Crippen LogP contribution in [0.4, 0.5) is 17.3 Å². The number of hydrogen-bond acceptors (Lipinski definition) is 9. The summed E-state index contributed by atoms with van der Waals surface area (Å²) in [5.74, 6) is 2.94. The third kappa shape index (κ3) is 3.68. The highest BCUT2D eigenvalue weighted by Crippen LogP contribution is 2.25. The summed E-state index contributed by atoms with van der Waals surface area (Å²) in [5, 5.41) is 23.9. The Balaban J connectivity index is 1.35. The maximum absolute atomic E-state index is 11.1. The number of aromatic nitrogens is 6. The molecule has 5 rings (SSSR count). The van der Waals surface area contributed by atoms with Gasteiger partial charge in [-0.15, -0.1) is 15.3 Å². The number of hydrogen-bond donors (Lipinski definition) is 0. The van der Waals surface area contributed by atoms with Gasteiger partial charge in [0, 0.05) is 55.6 Å². The van der Waals surface area contributed by atoms with Crippen molar-refractivity contribution in [2.24, 2.45) is 0 Å². The van der Waals surface area contributed by atoms with Crippen LogP contribution in [0.1, 0.15) is 11.5 Å². The van der Waals surface area contributed by atoms with Crippen molar-refractivity contribution in [1.82, 2.24) is 29.8 Å². The van der Waals surface area contributed by atoms with Crippen molar-refractivity contribution in [2.75, 3.05) is 36.0 Å². The van der Waals surface area contributed by atoms with Crippen molar-refractivity contribution < 1.29 is 4.92 Å². The molecular formula is C21H21N9O2. The number of piperazine rings is 1. The van der Waals surface area contributed by atoms with Crippen LogP contribution in [-0.4, -0.2) is 60.9 Å². The van der Waals surface area contributed by atoms with Gasteiger partial charge in [-0.3, -0.25) is 10.1 Å². The first-order chi connectivity index (χ1) is 15.5. The van der Waals surface area contributed by atoms with Crippen molar-refractivity contribution in [3.05, 3.63) is 64.1 Å². The Morgan fingerprint density at radius 2 is 1.66 bits per heavy atom. The molecule has 0 spiro atoms. The third-order valence-electron chi connectivity index (χ3n) is 5.49. The molecule has 0 atom stereocenters. The van der Waals surface area contributed by atoms with Crippen LogP contribution in [-0.2, 0) is 0 Å². The van der Waals surface area contributed by atoms with Gasteiger partial charge in [0.15, 0.2) is 17.3 Å². The largest absolute Gasteiger partial charge is 0.353 e. The van der Waals surface area contributed by atoms with Crippen molar-refractivity contribution in [3.63, 3.8) is 0 Å². The first kappa shape index (κ1) is 19.8. The van der Waals surface area contributed by atoms with E-state index in [0.29, 0.717) is 11.4 Å². The first-order valence-corrected chi connectivity index (χ1v) is 10.3. The molecule has 4 heterocycles. The quantitative estimate of drug-likeness (QED) is 0.354. The number of nitrogens with zero attached hydrogens (tertiary/aromatic N) is 9. The summed E-state index contributed by atoms with van der Waals surface area (Å²) in [4.78, 5) is 24.4. The van der Waals surface area contributed by atoms with E-state index in [1.807, 2.05) is 32.0 Å². The molecule has 0 aliphatic carbocycles. The van der Waals surface area contributed by atoms with Crippen LogP contribution in [0.15, 0.2) is 42.5 Å². The number of nitro groups is 1. The maximum Gasteiger partial charge on any atom is 0.270 e. The molecule has 1 fully saturated rings. The van der Waals surface area contributed by atoms with Crippen LogP contribution in [0.25, 0.3) is 17.0 Å². The number of anilines is 2. The van der Waals surface area contributed by atoms with Crippen LogP contribution in [0.3, 0.4) is 0 Å². The van der Waals surface area contributed by atoms with E-state index in [2.05, 4.69) is 30.1 Å². The Hall–Kier alpha value is -4.15. The number of rotatable bonds is 4. The maximum atomic E-state index is 11.1. The molecule has 0 bridgehead atoms. The molecule has 1 aromatic carbocycles. The topological polar surface area (TPSA) is 118 Å². The smallest absolute Gasteiger partial charge is 0.270 e. The van der Waals surface area contributed by atoms with Gasteiger partial charge in [0.1, 0.15) is 11.6 Å². The highest BCUT2D eigenvalue weighted by molar-refractivity contribution is 5.61. The lowest BCUT2D eigenvalue weighted by Gasteiger charge is -2.36. The van der Waals surface area contributed by atoms with Crippen LogP contribution in [0.2, 0.25) is 0 Å². The molecule has 0 saturated carbocycles. The molecule has 162 valence electrons. The molecule has 0 N–H and O–H groups in total. The van der Waals surface area contributed by atoms with Gasteiger partial charge in [0.2, 0.25) is 0 Å². The molecule has 0 unspecified atom stereocenters. The van der Waals surface area contributed by atoms with Crippen molar-refractivity contribution in [2.45, 2.75) is 13.8 Å². The third-order valence-corrected chi connectivity index (χ3v) is 5.49. The summed E-state index contributed by atoms with van der Waals surface area (Å²) >= 11 is 0. The van der Waals surface area contributed by atoms with E-state index in [9.17, 15) is 10.1 Å². The highest BCUT2D eigenvalue weighted by atomic mass is 16.6. The van der Waals surface area contributed by atoms with Gasteiger partial charge < -0.3 is 9.80 Å². The Kier molecular flexibility index (Phi) is 4.85. The van der Waals surface area contributed by atoms with E-state index >= 15 is 0 Å². The molecule has 4 aromatic rings. The minimum absolute atomic E-state index is 0.0237. The fraction of sp³-hybridized carbons (Fsp3) is 0.286. The van der Waals surface area contributed by atoms with Gasteiger partial charge in [0.25, 0.3) is 5.69 Å². The predicted molar refractivity (Wildman–Crippen MR) is 119 cm³/mol. The lowest BCUT2D eigenvalue weighted by Crippen LogP contribution is -2.47. The van der Waals surface area contributed by atoms with E-state index in [4.69, 9.17) is 4.98 Å². The average Bonchev–Trinajstić information content (AvgIpc) is 3.19. The van der Waals surface area contributed by atoms with Crippen molar-refractivity contribution in [3.8, 4) is 11.4 Å². The average molecular weight is 431 g/mol. The number of nitro benzene ring substituents is 1. The molecule has 1 aliphatic heterocycles. The Morgan fingerprint density at radius 3 is 2.41 bits per heavy atom. The zero-order chi connectivity index (χ0) is 22.2. The minimum atomic E-state index is -0.411. The molecular weight excluding hydrogens is 410 g/mol. The summed E-state index contributed by atoms with van der Waals surface area (Å²) < 4.78 is 1.75. The Morgan fingerprint density at radius 1 is 0.906 bits per heavy atom. The second-order valence-corrected chi connectivity index (χ2v) is 7.68. The summed E-state index contributed by atoms with van der Waals surface area (Å²) in [5.41, 5.74) is 2.20. The van der Waals surface area contributed by atoms with E-state index in [1.165, 1.54) is 12.1 Å². The SMILES string of the molecule is Cc1cc(N2CCN(c3ccc4nnc(C)n4n3)CC2)nc(-c2cccc([N+](=O)[O-])c2)n1. The number of non-ortho nitro benzene ring substituents is 1. The first-order valence-electron chi connectivity index (χ1n) is 10.3. The number of benzene rings is 1. The standard InChI is InChI=1S/C21H21N9O2/c1-14-12-20(23-21(22-14)16-4-3-5-17(13-16)30(31)32)28-10-8-27(9-11-28)19-7-6-18-25-24-15(2)29(18)26-19/h3-7,12-13H,8-11H2,1-2H3. The van der Waals surface area contributed by atoms with E-state index in [0.717, 1.165) is 55.0 Å². The monoisotopic (exact) mass is 431 g/mol. The molecule has 32 heavy (non-hydrogen) atoms. The molecule has 3 aromatic heterocycles. The summed E-state index contributed by atoms with van der Waals surface area (Å²) in [6, 6.07) is 12.2. The van der Waals surface area contributed by atoms with E-state index in [1.54, 1.807) is 16.6 Å². The van der Waals surface area contributed by atoms with Gasteiger partial charge in [-0.2, -0.15) is 4.52 Å². The van der Waals surface area contributed by atoms with E-state index in [-0.39, 0.29) is 5.69 Å². The van der Waals surface area contributed by atoms with Gasteiger partial charge in [-0.1, -0.05) is 12.1 Å². The van der Waals surface area contributed by atoms with Crippen molar-refractivity contribution in [1.29, 1.82) is 0 Å². The summed E-state index contributed by atoms with van der Waals surface area (Å²) in [6.07, 6.45) is 0. The number of aryl methyl sites for hydroxylation is 2. The van der Waals surface area contributed by atoms with Gasteiger partial charge >= 0.3 is 0 Å². The lowest BCUT2D eigenvalue weighted by atomic mass is 10.2. The van der Waals surface area contributed by atoms with Crippen LogP contribution < -0.4 is 9.80 Å². The molecule has 11 nitrogen and oxygen atoms in total. The van der Waals surface area contributed by atoms with E-state index < -0.39 is 4.92 Å². The van der Waals surface area contributed by atoms with Gasteiger partial charge in [0.05, 0.1) is 4.92 Å². The fourth-order valence-corrected chi connectivity index (χ4v) is 3.82. The second-order valence-electron chi connectivity index (χ2n) is 7.68. The van der Waals surface area contributed by atoms with Gasteiger partial charge in [-0.05, 0) is 26.0 Å². The summed E-state index contributed by atoms with van der Waals surface area (Å²) in [6.45, 7) is 6.90. The van der Waals surface area contributed by atoms with Crippen LogP contribution in [0, 0.1) is 24.0 Å².